The number of carbonyl (C=O) groups is 2. The van der Waals surface area contributed by atoms with Crippen LogP contribution in [-0.4, -0.2) is 45.4 Å². The number of para-hydroxylation sites is 1. The topological polar surface area (TPSA) is 127 Å². The number of imidazole rings is 1. The number of nitrogens with zero attached hydrogens (tertiary/aromatic N) is 4. The number of rotatable bonds is 9. The van der Waals surface area contributed by atoms with Crippen molar-refractivity contribution in [3.63, 3.8) is 0 Å². The highest BCUT2D eigenvalue weighted by atomic mass is 35.5. The number of carbonyl (C=O) groups excluding carboxylic acids is 2. The summed E-state index contributed by atoms with van der Waals surface area (Å²) in [6, 6.07) is 18.3. The second-order valence-corrected chi connectivity index (χ2v) is 8.30. The van der Waals surface area contributed by atoms with Crippen molar-refractivity contribution >= 4 is 47.0 Å². The summed E-state index contributed by atoms with van der Waals surface area (Å²) >= 11 is 0. The van der Waals surface area contributed by atoms with Gasteiger partial charge in [-0.3, -0.25) is 19.9 Å². The summed E-state index contributed by atoms with van der Waals surface area (Å²) in [5.74, 6) is 0.0345. The summed E-state index contributed by atoms with van der Waals surface area (Å²) < 4.78 is 6.99. The number of amides is 1. The van der Waals surface area contributed by atoms with Crippen molar-refractivity contribution in [2.24, 2.45) is 12.8 Å². The zero-order valence-electron chi connectivity index (χ0n) is 20.7. The van der Waals surface area contributed by atoms with Gasteiger partial charge in [-0.15, -0.1) is 12.4 Å². The van der Waals surface area contributed by atoms with E-state index < -0.39 is 5.97 Å². The van der Waals surface area contributed by atoms with E-state index in [1.54, 1.807) is 37.3 Å². The molecule has 0 aliphatic carbocycles. The number of pyridine rings is 1. The van der Waals surface area contributed by atoms with Crippen LogP contribution in [0.15, 0.2) is 66.9 Å². The van der Waals surface area contributed by atoms with Gasteiger partial charge in [-0.25, -0.2) is 9.97 Å². The first-order chi connectivity index (χ1) is 17.4. The Hall–Kier alpha value is -4.24. The summed E-state index contributed by atoms with van der Waals surface area (Å²) in [4.78, 5) is 36.2. The van der Waals surface area contributed by atoms with E-state index >= 15 is 0 Å². The van der Waals surface area contributed by atoms with Gasteiger partial charge < -0.3 is 15.0 Å². The Bertz CT molecular complexity index is 1400. The van der Waals surface area contributed by atoms with Crippen LogP contribution in [0, 0.1) is 5.41 Å². The molecule has 0 fully saturated rings. The molecule has 192 valence electrons. The van der Waals surface area contributed by atoms with Crippen LogP contribution in [0.3, 0.4) is 0 Å². The zero-order chi connectivity index (χ0) is 25.7. The predicted octanol–water partition coefficient (Wildman–Crippen LogP) is 3.67. The van der Waals surface area contributed by atoms with Crippen molar-refractivity contribution in [1.82, 2.24) is 14.5 Å². The maximum absolute atomic E-state index is 13.4. The second-order valence-electron chi connectivity index (χ2n) is 8.30. The van der Waals surface area contributed by atoms with Crippen LogP contribution >= 0.6 is 12.4 Å². The molecule has 2 aromatic heterocycles. The molecule has 0 bridgehead atoms. The molecule has 9 nitrogen and oxygen atoms in total. The molecule has 10 heteroatoms. The number of amidine groups is 1. The van der Waals surface area contributed by atoms with Crippen LogP contribution in [-0.2, 0) is 29.4 Å². The van der Waals surface area contributed by atoms with Crippen LogP contribution in [0.2, 0.25) is 0 Å². The Morgan fingerprint density at radius 3 is 2.41 bits per heavy atom. The molecule has 0 radical (unpaired) electrons. The van der Waals surface area contributed by atoms with Gasteiger partial charge in [0.25, 0.3) is 5.91 Å². The summed E-state index contributed by atoms with van der Waals surface area (Å²) in [7, 11) is 1.90. The summed E-state index contributed by atoms with van der Waals surface area (Å²) in [6.07, 6.45) is 2.94. The lowest BCUT2D eigenvalue weighted by Crippen LogP contribution is -2.36. The molecule has 0 saturated heterocycles. The molecule has 0 spiro atoms. The molecule has 4 rings (SSSR count). The molecule has 37 heavy (non-hydrogen) atoms. The number of benzene rings is 2. The lowest BCUT2D eigenvalue weighted by molar-refractivity contribution is -0.141. The van der Waals surface area contributed by atoms with E-state index in [1.807, 2.05) is 41.9 Å². The first-order valence-electron chi connectivity index (χ1n) is 11.6. The quantitative estimate of drug-likeness (QED) is 0.197. The Labute approximate surface area is 221 Å². The summed E-state index contributed by atoms with van der Waals surface area (Å²) in [5, 5.41) is 7.51. The number of aromatic nitrogens is 3. The normalized spacial score (nSPS) is 10.5. The van der Waals surface area contributed by atoms with Gasteiger partial charge in [0.2, 0.25) is 0 Å². The fourth-order valence-corrected chi connectivity index (χ4v) is 3.95. The number of anilines is 1. The number of hydrogen-bond acceptors (Lipinski definition) is 6. The molecule has 2 aromatic carbocycles. The van der Waals surface area contributed by atoms with Crippen LogP contribution in [0.1, 0.15) is 34.2 Å². The van der Waals surface area contributed by atoms with Crippen LogP contribution < -0.4 is 10.6 Å². The Balaban J connectivity index is 0.00000380. The molecule has 1 amide bonds. The fraction of sp³-hybridized carbons (Fsp3) is 0.222. The number of esters is 1. The highest BCUT2D eigenvalue weighted by molar-refractivity contribution is 6.09. The summed E-state index contributed by atoms with van der Waals surface area (Å²) in [5.41, 5.74) is 9.52. The van der Waals surface area contributed by atoms with E-state index in [9.17, 15) is 9.59 Å². The van der Waals surface area contributed by atoms with Crippen molar-refractivity contribution in [1.29, 1.82) is 5.41 Å². The molecule has 0 saturated carbocycles. The number of fused-ring (bicyclic) bond motifs is 1. The third kappa shape index (κ3) is 6.31. The number of hydrogen-bond donors (Lipinski definition) is 2. The zero-order valence-corrected chi connectivity index (χ0v) is 21.5. The van der Waals surface area contributed by atoms with Gasteiger partial charge in [-0.05, 0) is 37.1 Å². The molecule has 0 unspecified atom stereocenters. The number of halogens is 1. The van der Waals surface area contributed by atoms with E-state index in [0.29, 0.717) is 34.4 Å². The number of ether oxygens (including phenoxy) is 1. The number of nitrogens with two attached hydrogens (primary N) is 1. The van der Waals surface area contributed by atoms with Crippen molar-refractivity contribution in [2.75, 3.05) is 18.1 Å². The molecule has 3 N–H and O–H groups in total. The Kier molecular flexibility index (Phi) is 8.97. The predicted molar refractivity (Wildman–Crippen MR) is 145 cm³/mol. The third-order valence-corrected chi connectivity index (χ3v) is 5.86. The van der Waals surface area contributed by atoms with Gasteiger partial charge in [0.15, 0.2) is 5.65 Å². The minimum atomic E-state index is -0.486. The highest BCUT2D eigenvalue weighted by Crippen LogP contribution is 2.20. The van der Waals surface area contributed by atoms with E-state index in [2.05, 4.69) is 4.98 Å². The Morgan fingerprint density at radius 2 is 1.76 bits per heavy atom. The monoisotopic (exact) mass is 520 g/mol. The van der Waals surface area contributed by atoms with E-state index in [0.717, 1.165) is 17.8 Å². The highest BCUT2D eigenvalue weighted by Gasteiger charge is 2.23. The molecule has 4 aromatic rings. The van der Waals surface area contributed by atoms with Gasteiger partial charge in [-0.2, -0.15) is 0 Å². The van der Waals surface area contributed by atoms with Crippen LogP contribution in [0.5, 0.6) is 0 Å². The standard InChI is InChI=1S/C27H28N6O3.ClH/c1-3-36-24(34)17-33(21-7-5-4-6-8-21)27(35)20-15-22-26(30-16-20)32(2)23(31-22)14-11-18-9-12-19(13-10-18)25(28)29;/h4-10,12-13,15-16H,3,11,14,17H2,1-2H3,(H3,28,29);1H. The fourth-order valence-electron chi connectivity index (χ4n) is 3.95. The van der Waals surface area contributed by atoms with Crippen molar-refractivity contribution < 1.29 is 14.3 Å². The van der Waals surface area contributed by atoms with E-state index in [-0.39, 0.29) is 37.3 Å². The van der Waals surface area contributed by atoms with Crippen molar-refractivity contribution in [3.05, 3.63) is 89.4 Å². The number of nitrogens with one attached hydrogen (secondary N) is 1. The SMILES string of the molecule is CCOC(=O)CN(C(=O)c1cnc2c(c1)nc(CCc1ccc(C(=N)N)cc1)n2C)c1ccccc1.Cl. The lowest BCUT2D eigenvalue weighted by Gasteiger charge is -2.21. The second kappa shape index (κ2) is 12.1. The summed E-state index contributed by atoms with van der Waals surface area (Å²) in [6.45, 7) is 1.76. The maximum Gasteiger partial charge on any atom is 0.326 e. The van der Waals surface area contributed by atoms with Crippen LogP contribution in [0.4, 0.5) is 5.69 Å². The van der Waals surface area contributed by atoms with Crippen molar-refractivity contribution in [3.8, 4) is 0 Å². The van der Waals surface area contributed by atoms with E-state index in [1.165, 1.54) is 11.1 Å². The van der Waals surface area contributed by atoms with Gasteiger partial charge in [-0.1, -0.05) is 42.5 Å². The van der Waals surface area contributed by atoms with Gasteiger partial charge in [0.05, 0.1) is 12.2 Å². The maximum atomic E-state index is 13.4. The first kappa shape index (κ1) is 27.3. The lowest BCUT2D eigenvalue weighted by atomic mass is 10.1. The minimum Gasteiger partial charge on any atom is -0.465 e. The molecule has 0 aliphatic rings. The average molecular weight is 521 g/mol. The molecular weight excluding hydrogens is 492 g/mol. The van der Waals surface area contributed by atoms with Gasteiger partial charge in [0, 0.05) is 30.9 Å². The molecule has 0 atom stereocenters. The van der Waals surface area contributed by atoms with Gasteiger partial charge >= 0.3 is 5.97 Å². The molecular formula is C27H29ClN6O3. The minimum absolute atomic E-state index is 0. The first-order valence-corrected chi connectivity index (χ1v) is 11.6. The smallest absolute Gasteiger partial charge is 0.326 e. The van der Waals surface area contributed by atoms with E-state index in [4.69, 9.17) is 20.9 Å². The number of nitrogen functional groups attached to an aromatic ring is 1. The largest absolute Gasteiger partial charge is 0.465 e. The van der Waals surface area contributed by atoms with Crippen LogP contribution in [0.25, 0.3) is 11.2 Å². The van der Waals surface area contributed by atoms with Gasteiger partial charge in [0.1, 0.15) is 23.7 Å². The number of aryl methyl sites for hydroxylation is 3. The Morgan fingerprint density at radius 1 is 1.05 bits per heavy atom. The third-order valence-electron chi connectivity index (χ3n) is 5.86. The molecule has 2 heterocycles. The average Bonchev–Trinajstić information content (AvgIpc) is 3.21. The molecule has 0 aliphatic heterocycles. The van der Waals surface area contributed by atoms with Crippen molar-refractivity contribution in [2.45, 2.75) is 19.8 Å².